The number of β-amino-alcohol motifs (C(OH)–C–C–N with tert-alkyl or cyclic N) is 1. The van der Waals surface area contributed by atoms with Gasteiger partial charge in [-0.1, -0.05) is 25.7 Å². The first-order valence-electron chi connectivity index (χ1n) is 5.93. The lowest BCUT2D eigenvalue weighted by Gasteiger charge is -2.23. The largest absolute Gasteiger partial charge is 0.390 e. The Hall–Kier alpha value is -0.120. The van der Waals surface area contributed by atoms with E-state index in [4.69, 9.17) is 5.73 Å². The summed E-state index contributed by atoms with van der Waals surface area (Å²) in [5.74, 6) is 0. The maximum Gasteiger partial charge on any atom is 0.0789 e. The fourth-order valence-corrected chi connectivity index (χ4v) is 2.04. The number of hydrogen-bond acceptors (Lipinski definition) is 3. The summed E-state index contributed by atoms with van der Waals surface area (Å²) in [5, 5.41) is 9.48. The van der Waals surface area contributed by atoms with Gasteiger partial charge in [0.1, 0.15) is 0 Å². The van der Waals surface area contributed by atoms with Crippen LogP contribution in [0.25, 0.3) is 0 Å². The Morgan fingerprint density at radius 2 is 1.50 bits per heavy atom. The smallest absolute Gasteiger partial charge is 0.0789 e. The van der Waals surface area contributed by atoms with E-state index < -0.39 is 0 Å². The van der Waals surface area contributed by atoms with Crippen molar-refractivity contribution in [3.63, 3.8) is 0 Å². The van der Waals surface area contributed by atoms with E-state index >= 15 is 0 Å². The van der Waals surface area contributed by atoms with Gasteiger partial charge in [-0.15, -0.1) is 0 Å². The monoisotopic (exact) mass is 200 g/mol. The Morgan fingerprint density at radius 3 is 2.00 bits per heavy atom. The third-order valence-corrected chi connectivity index (χ3v) is 2.94. The normalized spacial score (nSPS) is 23.6. The molecule has 1 heterocycles. The van der Waals surface area contributed by atoms with Crippen LogP contribution < -0.4 is 5.73 Å². The molecule has 0 saturated carbocycles. The lowest BCUT2D eigenvalue weighted by molar-refractivity contribution is 0.117. The Morgan fingerprint density at radius 1 is 1.00 bits per heavy atom. The van der Waals surface area contributed by atoms with E-state index in [0.29, 0.717) is 6.54 Å². The van der Waals surface area contributed by atoms with Crippen LogP contribution in [0.5, 0.6) is 0 Å². The Labute approximate surface area is 87.3 Å². The van der Waals surface area contributed by atoms with Gasteiger partial charge in [0.2, 0.25) is 0 Å². The maximum absolute atomic E-state index is 9.48. The first kappa shape index (κ1) is 12.0. The van der Waals surface area contributed by atoms with E-state index in [1.807, 2.05) is 0 Å². The second kappa shape index (κ2) is 7.21. The van der Waals surface area contributed by atoms with Gasteiger partial charge in [0, 0.05) is 13.1 Å². The Kier molecular flexibility index (Phi) is 6.15. The number of hydrogen-bond donors (Lipinski definition) is 2. The van der Waals surface area contributed by atoms with Gasteiger partial charge in [-0.3, -0.25) is 0 Å². The molecule has 0 aromatic carbocycles. The number of rotatable bonds is 3. The molecule has 1 atom stereocenters. The molecule has 3 nitrogen and oxygen atoms in total. The highest BCUT2D eigenvalue weighted by Gasteiger charge is 2.10. The highest BCUT2D eigenvalue weighted by Crippen LogP contribution is 2.11. The van der Waals surface area contributed by atoms with Crippen LogP contribution in [0.3, 0.4) is 0 Å². The van der Waals surface area contributed by atoms with Crippen molar-refractivity contribution in [2.24, 2.45) is 5.73 Å². The molecule has 3 N–H and O–H groups in total. The molecule has 1 aliphatic rings. The maximum atomic E-state index is 9.48. The molecule has 0 bridgehead atoms. The van der Waals surface area contributed by atoms with Crippen molar-refractivity contribution in [3.05, 3.63) is 0 Å². The Balaban J connectivity index is 2.25. The zero-order valence-electron chi connectivity index (χ0n) is 9.12. The first-order chi connectivity index (χ1) is 6.83. The van der Waals surface area contributed by atoms with Gasteiger partial charge >= 0.3 is 0 Å². The predicted molar refractivity (Wildman–Crippen MR) is 59.2 cm³/mol. The molecule has 0 spiro atoms. The van der Waals surface area contributed by atoms with Gasteiger partial charge in [0.25, 0.3) is 0 Å². The van der Waals surface area contributed by atoms with Crippen molar-refractivity contribution in [1.29, 1.82) is 0 Å². The molecule has 14 heavy (non-hydrogen) atoms. The zero-order valence-corrected chi connectivity index (χ0v) is 9.12. The van der Waals surface area contributed by atoms with E-state index in [9.17, 15) is 5.11 Å². The zero-order chi connectivity index (χ0) is 10.2. The molecule has 1 rings (SSSR count). The fraction of sp³-hybridized carbons (Fsp3) is 1.00. The third-order valence-electron chi connectivity index (χ3n) is 2.94. The number of nitrogens with zero attached hydrogens (tertiary/aromatic N) is 1. The van der Waals surface area contributed by atoms with E-state index in [-0.39, 0.29) is 6.10 Å². The lowest BCUT2D eigenvalue weighted by atomic mass is 10.1. The van der Waals surface area contributed by atoms with E-state index in [1.165, 1.54) is 38.5 Å². The minimum Gasteiger partial charge on any atom is -0.390 e. The molecule has 1 unspecified atom stereocenters. The molecule has 1 fully saturated rings. The molecular weight excluding hydrogens is 176 g/mol. The molecule has 84 valence electrons. The lowest BCUT2D eigenvalue weighted by Crippen LogP contribution is -2.37. The molecule has 1 aliphatic heterocycles. The summed E-state index contributed by atoms with van der Waals surface area (Å²) in [6, 6.07) is 0. The van der Waals surface area contributed by atoms with Crippen molar-refractivity contribution >= 4 is 0 Å². The third kappa shape index (κ3) is 4.94. The fourth-order valence-electron chi connectivity index (χ4n) is 2.04. The van der Waals surface area contributed by atoms with E-state index in [2.05, 4.69) is 4.90 Å². The molecule has 0 aromatic heterocycles. The SMILES string of the molecule is NCC(O)CN1CCCCCCCC1. The van der Waals surface area contributed by atoms with Crippen LogP contribution in [0.2, 0.25) is 0 Å². The second-order valence-corrected chi connectivity index (χ2v) is 4.31. The van der Waals surface area contributed by atoms with Crippen LogP contribution in [-0.4, -0.2) is 42.3 Å². The average molecular weight is 200 g/mol. The summed E-state index contributed by atoms with van der Waals surface area (Å²) < 4.78 is 0. The highest BCUT2D eigenvalue weighted by atomic mass is 16.3. The van der Waals surface area contributed by atoms with Crippen molar-refractivity contribution in [1.82, 2.24) is 4.90 Å². The van der Waals surface area contributed by atoms with Crippen molar-refractivity contribution in [3.8, 4) is 0 Å². The van der Waals surface area contributed by atoms with Crippen LogP contribution >= 0.6 is 0 Å². The number of aliphatic hydroxyl groups is 1. The predicted octanol–water partition coefficient (Wildman–Crippen LogP) is 0.962. The van der Waals surface area contributed by atoms with E-state index in [0.717, 1.165) is 19.6 Å². The van der Waals surface area contributed by atoms with Gasteiger partial charge in [-0.05, 0) is 25.9 Å². The van der Waals surface area contributed by atoms with Crippen LogP contribution in [0.4, 0.5) is 0 Å². The van der Waals surface area contributed by atoms with Crippen LogP contribution in [0.1, 0.15) is 38.5 Å². The van der Waals surface area contributed by atoms with Crippen molar-refractivity contribution in [2.45, 2.75) is 44.6 Å². The summed E-state index contributed by atoms with van der Waals surface area (Å²) >= 11 is 0. The van der Waals surface area contributed by atoms with Gasteiger partial charge < -0.3 is 15.7 Å². The summed E-state index contributed by atoms with van der Waals surface area (Å²) in [6.07, 6.45) is 7.66. The summed E-state index contributed by atoms with van der Waals surface area (Å²) in [6.45, 7) is 3.42. The second-order valence-electron chi connectivity index (χ2n) is 4.31. The highest BCUT2D eigenvalue weighted by molar-refractivity contribution is 4.67. The minimum atomic E-state index is -0.337. The summed E-state index contributed by atoms with van der Waals surface area (Å²) in [4.78, 5) is 2.36. The van der Waals surface area contributed by atoms with Crippen LogP contribution in [-0.2, 0) is 0 Å². The van der Waals surface area contributed by atoms with Gasteiger partial charge in [0.15, 0.2) is 0 Å². The Bertz CT molecular complexity index is 131. The van der Waals surface area contributed by atoms with Crippen LogP contribution in [0, 0.1) is 0 Å². The van der Waals surface area contributed by atoms with Gasteiger partial charge in [0.05, 0.1) is 6.10 Å². The summed E-state index contributed by atoms with van der Waals surface area (Å²) in [7, 11) is 0. The molecule has 3 heteroatoms. The molecular formula is C11H24N2O. The summed E-state index contributed by atoms with van der Waals surface area (Å²) in [5.41, 5.74) is 5.41. The van der Waals surface area contributed by atoms with Crippen LogP contribution in [0.15, 0.2) is 0 Å². The van der Waals surface area contributed by atoms with Gasteiger partial charge in [-0.2, -0.15) is 0 Å². The quantitative estimate of drug-likeness (QED) is 0.713. The van der Waals surface area contributed by atoms with E-state index in [1.54, 1.807) is 0 Å². The standard InChI is InChI=1S/C11H24N2O/c12-9-11(14)10-13-7-5-3-1-2-4-6-8-13/h11,14H,1-10,12H2. The molecule has 0 amide bonds. The van der Waals surface area contributed by atoms with Crippen molar-refractivity contribution in [2.75, 3.05) is 26.2 Å². The topological polar surface area (TPSA) is 49.5 Å². The average Bonchev–Trinajstić information content (AvgIpc) is 2.31. The number of aliphatic hydroxyl groups excluding tert-OH is 1. The van der Waals surface area contributed by atoms with Gasteiger partial charge in [-0.25, -0.2) is 0 Å². The molecule has 0 aromatic rings. The molecule has 0 aliphatic carbocycles. The molecule has 1 saturated heterocycles. The minimum absolute atomic E-state index is 0.337. The number of nitrogens with two attached hydrogens (primary N) is 1. The molecule has 0 radical (unpaired) electrons. The van der Waals surface area contributed by atoms with Crippen molar-refractivity contribution < 1.29 is 5.11 Å². The first-order valence-corrected chi connectivity index (χ1v) is 5.93.